The van der Waals surface area contributed by atoms with Crippen molar-refractivity contribution in [3.8, 4) is 11.5 Å². The van der Waals surface area contributed by atoms with Crippen LogP contribution >= 0.6 is 0 Å². The third kappa shape index (κ3) is 6.56. The number of sulfonamides is 1. The number of anilines is 1. The predicted octanol–water partition coefficient (Wildman–Crippen LogP) is 5.17. The van der Waals surface area contributed by atoms with Gasteiger partial charge < -0.3 is 18.9 Å². The second-order valence-corrected chi connectivity index (χ2v) is 11.0. The van der Waals surface area contributed by atoms with Gasteiger partial charge in [-0.3, -0.25) is 0 Å². The summed E-state index contributed by atoms with van der Waals surface area (Å²) in [7, 11) is -4.37. The molecule has 0 aliphatic carbocycles. The van der Waals surface area contributed by atoms with E-state index in [1.807, 2.05) is 30.3 Å². The standard InChI is InChI=1S/C27H29NO7S/c1-27(2,3)35-26(29)28(36(30,31)23-12-8-5-9-13-23)24-16-21(32-18-22-19-33-22)14-15-25(24)34-17-20-10-6-4-7-11-20/h4-16,22H,17-19H2,1-3H3/t22-/m1/s1. The topological polar surface area (TPSA) is 94.7 Å². The van der Waals surface area contributed by atoms with Gasteiger partial charge in [0.15, 0.2) is 0 Å². The zero-order valence-corrected chi connectivity index (χ0v) is 21.2. The molecular formula is C27H29NO7S. The van der Waals surface area contributed by atoms with Crippen LogP contribution in [0.4, 0.5) is 10.5 Å². The van der Waals surface area contributed by atoms with Gasteiger partial charge in [0.2, 0.25) is 0 Å². The van der Waals surface area contributed by atoms with Crippen molar-refractivity contribution in [2.75, 3.05) is 17.5 Å². The summed E-state index contributed by atoms with van der Waals surface area (Å²) in [6.07, 6.45) is -1.06. The summed E-state index contributed by atoms with van der Waals surface area (Å²) < 4.78 is 50.7. The average Bonchev–Trinajstić information content (AvgIpc) is 3.67. The third-order valence-corrected chi connectivity index (χ3v) is 6.76. The van der Waals surface area contributed by atoms with E-state index in [9.17, 15) is 13.2 Å². The monoisotopic (exact) mass is 511 g/mol. The summed E-state index contributed by atoms with van der Waals surface area (Å²) in [6, 6.07) is 21.8. The maximum Gasteiger partial charge on any atom is 0.429 e. The van der Waals surface area contributed by atoms with Gasteiger partial charge in [0, 0.05) is 6.07 Å². The van der Waals surface area contributed by atoms with E-state index in [1.54, 1.807) is 51.1 Å². The molecule has 1 saturated heterocycles. The fourth-order valence-electron chi connectivity index (χ4n) is 3.28. The highest BCUT2D eigenvalue weighted by Gasteiger charge is 2.37. The summed E-state index contributed by atoms with van der Waals surface area (Å²) in [4.78, 5) is 13.3. The molecule has 0 aromatic heterocycles. The Morgan fingerprint density at radius 3 is 2.22 bits per heavy atom. The van der Waals surface area contributed by atoms with Crippen LogP contribution in [0.3, 0.4) is 0 Å². The van der Waals surface area contributed by atoms with E-state index in [-0.39, 0.29) is 29.0 Å². The van der Waals surface area contributed by atoms with Gasteiger partial charge in [-0.15, -0.1) is 0 Å². The molecule has 1 aliphatic heterocycles. The zero-order valence-electron chi connectivity index (χ0n) is 20.4. The second-order valence-electron chi connectivity index (χ2n) is 9.23. The van der Waals surface area contributed by atoms with E-state index in [1.165, 1.54) is 18.2 Å². The first kappa shape index (κ1) is 25.5. The normalized spacial score (nSPS) is 15.1. The number of hydrogen-bond donors (Lipinski definition) is 0. The van der Waals surface area contributed by atoms with Crippen molar-refractivity contribution in [1.82, 2.24) is 0 Å². The highest BCUT2D eigenvalue weighted by atomic mass is 32.2. The molecule has 1 heterocycles. The van der Waals surface area contributed by atoms with Gasteiger partial charge in [-0.25, -0.2) is 13.2 Å². The molecule has 0 spiro atoms. The summed E-state index contributed by atoms with van der Waals surface area (Å²) >= 11 is 0. The van der Waals surface area contributed by atoms with Crippen molar-refractivity contribution in [2.24, 2.45) is 0 Å². The molecule has 190 valence electrons. The molecule has 0 radical (unpaired) electrons. The van der Waals surface area contributed by atoms with Gasteiger partial charge in [0.05, 0.1) is 11.5 Å². The van der Waals surface area contributed by atoms with Gasteiger partial charge in [-0.1, -0.05) is 48.5 Å². The van der Waals surface area contributed by atoms with Crippen molar-refractivity contribution in [2.45, 2.75) is 44.0 Å². The molecule has 0 unspecified atom stereocenters. The number of carbonyl (C=O) groups excluding carboxylic acids is 1. The van der Waals surface area contributed by atoms with E-state index in [0.717, 1.165) is 5.56 Å². The minimum Gasteiger partial charge on any atom is -0.491 e. The van der Waals surface area contributed by atoms with Gasteiger partial charge in [-0.05, 0) is 50.6 Å². The van der Waals surface area contributed by atoms with E-state index in [4.69, 9.17) is 18.9 Å². The summed E-state index contributed by atoms with van der Waals surface area (Å²) in [5.74, 6) is 0.545. The fraction of sp³-hybridized carbons (Fsp3) is 0.296. The summed E-state index contributed by atoms with van der Waals surface area (Å²) in [6.45, 7) is 6.08. The van der Waals surface area contributed by atoms with Crippen LogP contribution in [0.15, 0.2) is 83.8 Å². The van der Waals surface area contributed by atoms with Crippen LogP contribution in [0, 0.1) is 0 Å². The van der Waals surface area contributed by atoms with Crippen molar-refractivity contribution in [3.05, 3.63) is 84.4 Å². The Labute approximate surface area is 211 Å². The minimum atomic E-state index is -4.37. The Morgan fingerprint density at radius 2 is 1.61 bits per heavy atom. The molecular weight excluding hydrogens is 482 g/mol. The quantitative estimate of drug-likeness (QED) is 0.366. The van der Waals surface area contributed by atoms with Gasteiger partial charge >= 0.3 is 6.09 Å². The van der Waals surface area contributed by atoms with E-state index >= 15 is 0 Å². The molecule has 1 fully saturated rings. The molecule has 9 heteroatoms. The Balaban J connectivity index is 1.78. The van der Waals surface area contributed by atoms with Crippen LogP contribution in [-0.2, 0) is 26.1 Å². The third-order valence-electron chi connectivity index (χ3n) is 5.07. The van der Waals surface area contributed by atoms with Crippen molar-refractivity contribution < 1.29 is 32.2 Å². The molecule has 1 aliphatic rings. The summed E-state index contributed by atoms with van der Waals surface area (Å²) in [5, 5.41) is 0. The molecule has 3 aromatic rings. The maximum atomic E-state index is 13.8. The molecule has 36 heavy (non-hydrogen) atoms. The van der Waals surface area contributed by atoms with Gasteiger partial charge in [0.25, 0.3) is 10.0 Å². The zero-order chi connectivity index (χ0) is 25.8. The largest absolute Gasteiger partial charge is 0.491 e. The lowest BCUT2D eigenvalue weighted by molar-refractivity contribution is 0.0608. The SMILES string of the molecule is CC(C)(C)OC(=O)N(c1cc(OC[C@@H]2CO2)ccc1OCc1ccccc1)S(=O)(=O)c1ccccc1. The smallest absolute Gasteiger partial charge is 0.429 e. The van der Waals surface area contributed by atoms with Crippen molar-refractivity contribution >= 4 is 21.8 Å². The molecule has 3 aromatic carbocycles. The highest BCUT2D eigenvalue weighted by molar-refractivity contribution is 7.93. The fourth-order valence-corrected chi connectivity index (χ4v) is 4.63. The van der Waals surface area contributed by atoms with E-state index < -0.39 is 21.7 Å². The first-order chi connectivity index (χ1) is 17.1. The van der Waals surface area contributed by atoms with Crippen LogP contribution < -0.4 is 13.8 Å². The van der Waals surface area contributed by atoms with E-state index in [0.29, 0.717) is 23.3 Å². The van der Waals surface area contributed by atoms with Crippen LogP contribution in [0.5, 0.6) is 11.5 Å². The Bertz CT molecular complexity index is 1280. The number of amides is 1. The molecule has 0 bridgehead atoms. The van der Waals surface area contributed by atoms with Gasteiger partial charge in [-0.2, -0.15) is 4.31 Å². The van der Waals surface area contributed by atoms with Crippen molar-refractivity contribution in [1.29, 1.82) is 0 Å². The van der Waals surface area contributed by atoms with Crippen LogP contribution in [0.25, 0.3) is 0 Å². The molecule has 8 nitrogen and oxygen atoms in total. The maximum absolute atomic E-state index is 13.8. The Kier molecular flexibility index (Phi) is 7.51. The molecule has 4 rings (SSSR count). The Morgan fingerprint density at radius 1 is 0.972 bits per heavy atom. The number of rotatable bonds is 9. The number of carbonyl (C=O) groups is 1. The molecule has 1 atom stereocenters. The highest BCUT2D eigenvalue weighted by Crippen LogP contribution is 2.37. The minimum absolute atomic E-state index is 0.00234. The molecule has 0 N–H and O–H groups in total. The van der Waals surface area contributed by atoms with Crippen LogP contribution in [-0.4, -0.2) is 39.4 Å². The number of ether oxygens (including phenoxy) is 4. The van der Waals surface area contributed by atoms with Crippen LogP contribution in [0.1, 0.15) is 26.3 Å². The van der Waals surface area contributed by atoms with Gasteiger partial charge in [0.1, 0.15) is 42.1 Å². The lowest BCUT2D eigenvalue weighted by Gasteiger charge is -2.28. The lowest BCUT2D eigenvalue weighted by Crippen LogP contribution is -2.41. The number of epoxide rings is 1. The van der Waals surface area contributed by atoms with Crippen molar-refractivity contribution in [3.63, 3.8) is 0 Å². The van der Waals surface area contributed by atoms with Crippen LogP contribution in [0.2, 0.25) is 0 Å². The number of nitrogens with zero attached hydrogens (tertiary/aromatic N) is 1. The molecule has 1 amide bonds. The number of hydrogen-bond acceptors (Lipinski definition) is 7. The first-order valence-electron chi connectivity index (χ1n) is 11.5. The van der Waals surface area contributed by atoms with E-state index in [2.05, 4.69) is 0 Å². The average molecular weight is 512 g/mol. The Hall–Kier alpha value is -3.56. The second kappa shape index (κ2) is 10.6. The predicted molar refractivity (Wildman–Crippen MR) is 135 cm³/mol. The first-order valence-corrected chi connectivity index (χ1v) is 13.0. The number of benzene rings is 3. The molecule has 0 saturated carbocycles. The summed E-state index contributed by atoms with van der Waals surface area (Å²) in [5.41, 5.74) is -0.0769. The lowest BCUT2D eigenvalue weighted by atomic mass is 10.2.